The van der Waals surface area contributed by atoms with Crippen LogP contribution >= 0.6 is 23.2 Å². The summed E-state index contributed by atoms with van der Waals surface area (Å²) in [6.45, 7) is 9.67. The molecule has 2 N–H and O–H groups in total. The van der Waals surface area contributed by atoms with E-state index in [-0.39, 0.29) is 30.3 Å². The van der Waals surface area contributed by atoms with Gasteiger partial charge in [0.05, 0.1) is 58.1 Å². The summed E-state index contributed by atoms with van der Waals surface area (Å²) in [4.78, 5) is 50.8. The van der Waals surface area contributed by atoms with E-state index in [1.54, 1.807) is 70.5 Å². The van der Waals surface area contributed by atoms with Crippen molar-refractivity contribution in [1.82, 2.24) is 29.8 Å². The van der Waals surface area contributed by atoms with Crippen LogP contribution < -0.4 is 15.5 Å². The molecule has 0 bridgehead atoms. The molecule has 9 rings (SSSR count). The molecule has 4 saturated heterocycles. The van der Waals surface area contributed by atoms with E-state index in [2.05, 4.69) is 20.0 Å². The molecule has 0 radical (unpaired) electrons. The van der Waals surface area contributed by atoms with E-state index in [1.807, 2.05) is 46.2 Å². The Morgan fingerprint density at radius 3 is 1.48 bits per heavy atom. The Bertz CT molecular complexity index is 2420. The van der Waals surface area contributed by atoms with Gasteiger partial charge in [-0.1, -0.05) is 71.7 Å². The first-order valence-corrected chi connectivity index (χ1v) is 22.6. The number of hydrogen-bond acceptors (Lipinski definition) is 11. The standard InChI is InChI=1S/C24H24ClF2N5O3.C23H27ClN4O3/c25-18-2-1-3-19(12-18)32(24(33)31-10-8-30(9-11-31)20-14-34-15-20)13-16-4-6-17(7-5-16)22-28-29-23(35-22)21(26)27;24-19-2-1-3-20(12-19)28(14-17-4-6-18(7-5-17)22(29)13-25)23(30)27-10-8-26(9-11-27)21-15-31-16-21/h1-7,12,20-21H,8-11,13-15H2;1-7,12,21H,8-11,13-16,25H2. The Morgan fingerprint density at radius 1 is 0.652 bits per heavy atom. The Labute approximate surface area is 391 Å². The molecule has 19 heteroatoms. The van der Waals surface area contributed by atoms with Crippen molar-refractivity contribution in [3.05, 3.63) is 130 Å². The second kappa shape index (κ2) is 21.8. The van der Waals surface area contributed by atoms with Crippen LogP contribution in [0.4, 0.5) is 29.7 Å². The van der Waals surface area contributed by atoms with Gasteiger partial charge in [-0.05, 0) is 59.7 Å². The van der Waals surface area contributed by atoms with Gasteiger partial charge in [0, 0.05) is 84.9 Å². The van der Waals surface area contributed by atoms with Gasteiger partial charge < -0.3 is 29.4 Å². The summed E-state index contributed by atoms with van der Waals surface area (Å²) < 4.78 is 41.1. The number of alkyl halides is 2. The van der Waals surface area contributed by atoms with E-state index >= 15 is 0 Å². The normalized spacial score (nSPS) is 17.1. The average molecular weight is 947 g/mol. The minimum absolute atomic E-state index is 0.0179. The Balaban J connectivity index is 0.000000181. The van der Waals surface area contributed by atoms with E-state index in [0.717, 1.165) is 69.4 Å². The number of amides is 4. The number of ketones is 1. The fourth-order valence-electron chi connectivity index (χ4n) is 8.06. The molecule has 4 aliphatic rings. The highest BCUT2D eigenvalue weighted by Gasteiger charge is 2.34. The number of piperazine rings is 2. The first kappa shape index (κ1) is 47.0. The maximum absolute atomic E-state index is 13.6. The van der Waals surface area contributed by atoms with Crippen LogP contribution in [0, 0.1) is 0 Å². The highest BCUT2D eigenvalue weighted by atomic mass is 35.5. The molecule has 0 saturated carbocycles. The average Bonchev–Trinajstić information content (AvgIpc) is 3.81. The molecular formula is C47H51Cl2F2N9O6. The number of carbonyl (C=O) groups is 3. The van der Waals surface area contributed by atoms with Crippen LogP contribution in [0.2, 0.25) is 10.0 Å². The Morgan fingerprint density at radius 2 is 1.11 bits per heavy atom. The second-order valence-corrected chi connectivity index (χ2v) is 17.3. The lowest BCUT2D eigenvalue weighted by atomic mass is 10.1. The third-order valence-electron chi connectivity index (χ3n) is 12.1. The van der Waals surface area contributed by atoms with Gasteiger partial charge in [0.2, 0.25) is 5.89 Å². The molecule has 0 spiro atoms. The van der Waals surface area contributed by atoms with Crippen molar-refractivity contribution >= 4 is 52.4 Å². The summed E-state index contributed by atoms with van der Waals surface area (Å²) in [6, 6.07) is 29.6. The molecule has 5 aromatic rings. The number of benzene rings is 4. The molecule has 4 amide bonds. The summed E-state index contributed by atoms with van der Waals surface area (Å²) in [7, 11) is 0. The number of hydrogen-bond donors (Lipinski definition) is 1. The lowest BCUT2D eigenvalue weighted by Crippen LogP contribution is -2.59. The van der Waals surface area contributed by atoms with Crippen molar-refractivity contribution in [1.29, 1.82) is 0 Å². The van der Waals surface area contributed by atoms with Gasteiger partial charge in [0.25, 0.3) is 5.89 Å². The van der Waals surface area contributed by atoms with Crippen LogP contribution in [-0.2, 0) is 22.6 Å². The largest absolute Gasteiger partial charge is 0.415 e. The monoisotopic (exact) mass is 945 g/mol. The molecular weight excluding hydrogens is 895 g/mol. The first-order valence-electron chi connectivity index (χ1n) is 21.8. The van der Waals surface area contributed by atoms with Crippen LogP contribution in [0.25, 0.3) is 11.5 Å². The quantitative estimate of drug-likeness (QED) is 0.128. The number of nitrogens with two attached hydrogens (primary N) is 1. The smallest absolute Gasteiger partial charge is 0.324 e. The summed E-state index contributed by atoms with van der Waals surface area (Å²) in [6.07, 6.45) is -2.82. The molecule has 0 atom stereocenters. The molecule has 1 aromatic heterocycles. The molecule has 5 heterocycles. The number of anilines is 2. The van der Waals surface area contributed by atoms with Crippen LogP contribution in [0.1, 0.15) is 33.8 Å². The van der Waals surface area contributed by atoms with Crippen molar-refractivity contribution in [2.45, 2.75) is 31.6 Å². The van der Waals surface area contributed by atoms with Crippen molar-refractivity contribution in [2.75, 3.05) is 95.1 Å². The summed E-state index contributed by atoms with van der Waals surface area (Å²) in [5.41, 5.74) is 9.75. The Hall–Kier alpha value is -5.53. The van der Waals surface area contributed by atoms with Crippen molar-refractivity contribution in [3.8, 4) is 11.5 Å². The van der Waals surface area contributed by atoms with Gasteiger partial charge in [-0.3, -0.25) is 24.4 Å². The number of halogens is 4. The third-order valence-corrected chi connectivity index (χ3v) is 12.6. The van der Waals surface area contributed by atoms with Crippen molar-refractivity contribution in [2.24, 2.45) is 5.73 Å². The number of carbonyl (C=O) groups excluding carboxylic acids is 3. The highest BCUT2D eigenvalue weighted by molar-refractivity contribution is 6.31. The molecule has 0 unspecified atom stereocenters. The van der Waals surface area contributed by atoms with Crippen LogP contribution in [0.5, 0.6) is 0 Å². The lowest BCUT2D eigenvalue weighted by Gasteiger charge is -2.43. The predicted octanol–water partition coefficient (Wildman–Crippen LogP) is 7.10. The van der Waals surface area contributed by atoms with Gasteiger partial charge >= 0.3 is 18.5 Å². The fourth-order valence-corrected chi connectivity index (χ4v) is 8.43. The highest BCUT2D eigenvalue weighted by Crippen LogP contribution is 2.28. The summed E-state index contributed by atoms with van der Waals surface area (Å²) in [5.74, 6) is -0.805. The number of ether oxygens (including phenoxy) is 2. The zero-order valence-electron chi connectivity index (χ0n) is 36.2. The number of rotatable bonds is 12. The maximum atomic E-state index is 13.6. The van der Waals surface area contributed by atoms with E-state index in [4.69, 9.17) is 42.8 Å². The molecule has 348 valence electrons. The number of Topliss-reactive ketones (excluding diaryl/α,β-unsaturated/α-hetero) is 1. The van der Waals surface area contributed by atoms with E-state index in [9.17, 15) is 23.2 Å². The zero-order chi connectivity index (χ0) is 46.2. The Kier molecular flexibility index (Phi) is 15.6. The SMILES string of the molecule is NCC(=O)c1ccc(CN(C(=O)N2CCN(C3COC3)CC2)c2cccc(Cl)c2)cc1.O=C(N1CCN(C2COC2)CC1)N(Cc1ccc(-c2nnc(C(F)F)o2)cc1)c1cccc(Cl)c1. The minimum Gasteiger partial charge on any atom is -0.415 e. The molecule has 0 aliphatic carbocycles. The lowest BCUT2D eigenvalue weighted by molar-refractivity contribution is -0.0738. The topological polar surface area (TPSA) is 154 Å². The van der Waals surface area contributed by atoms with Crippen LogP contribution in [0.15, 0.2) is 101 Å². The zero-order valence-corrected chi connectivity index (χ0v) is 37.7. The van der Waals surface area contributed by atoms with Crippen LogP contribution in [0.3, 0.4) is 0 Å². The third kappa shape index (κ3) is 11.5. The molecule has 4 aliphatic heterocycles. The summed E-state index contributed by atoms with van der Waals surface area (Å²) >= 11 is 12.4. The minimum atomic E-state index is -2.82. The van der Waals surface area contributed by atoms with Gasteiger partial charge in [0.15, 0.2) is 5.78 Å². The number of nitrogens with zero attached hydrogens (tertiary/aromatic N) is 8. The van der Waals surface area contributed by atoms with Crippen LogP contribution in [-0.4, -0.2) is 145 Å². The number of urea groups is 2. The molecule has 15 nitrogen and oxygen atoms in total. The van der Waals surface area contributed by atoms with E-state index < -0.39 is 12.3 Å². The van der Waals surface area contributed by atoms with Gasteiger partial charge in [-0.2, -0.15) is 8.78 Å². The number of aromatic nitrogens is 2. The van der Waals surface area contributed by atoms with Gasteiger partial charge in [-0.15, -0.1) is 10.2 Å². The van der Waals surface area contributed by atoms with Crippen molar-refractivity contribution < 1.29 is 37.1 Å². The van der Waals surface area contributed by atoms with E-state index in [0.29, 0.717) is 78.2 Å². The predicted molar refractivity (Wildman–Crippen MR) is 246 cm³/mol. The van der Waals surface area contributed by atoms with Crippen molar-refractivity contribution in [3.63, 3.8) is 0 Å². The van der Waals surface area contributed by atoms with E-state index in [1.165, 1.54) is 0 Å². The fraction of sp³-hybridized carbons (Fsp3) is 0.383. The molecule has 4 aromatic carbocycles. The maximum Gasteiger partial charge on any atom is 0.324 e. The molecule has 66 heavy (non-hydrogen) atoms. The summed E-state index contributed by atoms with van der Waals surface area (Å²) in [5, 5.41) is 8.16. The van der Waals surface area contributed by atoms with Gasteiger partial charge in [-0.25, -0.2) is 9.59 Å². The second-order valence-electron chi connectivity index (χ2n) is 16.4. The molecule has 4 fully saturated rings. The van der Waals surface area contributed by atoms with Gasteiger partial charge in [0.1, 0.15) is 0 Å². The first-order chi connectivity index (χ1) is 32.0.